The minimum atomic E-state index is -0.858. The Morgan fingerprint density at radius 2 is 2.19 bits per heavy atom. The zero-order valence-electron chi connectivity index (χ0n) is 12.7. The van der Waals surface area contributed by atoms with Crippen molar-refractivity contribution >= 4 is 11.9 Å². The van der Waals surface area contributed by atoms with Crippen molar-refractivity contribution in [2.75, 3.05) is 6.54 Å². The van der Waals surface area contributed by atoms with Crippen LogP contribution in [0.1, 0.15) is 44.0 Å². The van der Waals surface area contributed by atoms with Gasteiger partial charge in [0.05, 0.1) is 17.7 Å². The lowest BCUT2D eigenvalue weighted by molar-refractivity contribution is -0.152. The van der Waals surface area contributed by atoms with Gasteiger partial charge in [0.25, 0.3) is 0 Å². The Labute approximate surface area is 125 Å². The van der Waals surface area contributed by atoms with E-state index in [0.717, 1.165) is 5.56 Å². The third-order valence-electron chi connectivity index (χ3n) is 3.82. The molecule has 5 heteroatoms. The third kappa shape index (κ3) is 3.40. The van der Waals surface area contributed by atoms with E-state index < -0.39 is 17.9 Å². The summed E-state index contributed by atoms with van der Waals surface area (Å²) in [5.74, 6) is -1.14. The zero-order chi connectivity index (χ0) is 15.6. The van der Waals surface area contributed by atoms with Crippen LogP contribution in [0.15, 0.2) is 18.3 Å². The zero-order valence-corrected chi connectivity index (χ0v) is 12.7. The molecule has 1 amide bonds. The van der Waals surface area contributed by atoms with Crippen LogP contribution in [0.5, 0.6) is 0 Å². The van der Waals surface area contributed by atoms with E-state index in [1.54, 1.807) is 11.1 Å². The quantitative estimate of drug-likeness (QED) is 0.924. The summed E-state index contributed by atoms with van der Waals surface area (Å²) in [6, 6.07) is 3.28. The van der Waals surface area contributed by atoms with Crippen molar-refractivity contribution in [2.24, 2.45) is 11.8 Å². The van der Waals surface area contributed by atoms with Gasteiger partial charge in [0.2, 0.25) is 5.91 Å². The van der Waals surface area contributed by atoms with Gasteiger partial charge in [-0.1, -0.05) is 19.9 Å². The van der Waals surface area contributed by atoms with Crippen LogP contribution in [0, 0.1) is 18.8 Å². The van der Waals surface area contributed by atoms with Crippen molar-refractivity contribution in [3.63, 3.8) is 0 Å². The summed E-state index contributed by atoms with van der Waals surface area (Å²) in [6.07, 6.45) is 2.40. The van der Waals surface area contributed by atoms with Gasteiger partial charge in [-0.05, 0) is 30.9 Å². The number of amides is 1. The molecular weight excluding hydrogens is 268 g/mol. The summed E-state index contributed by atoms with van der Waals surface area (Å²) < 4.78 is 0. The highest BCUT2D eigenvalue weighted by molar-refractivity contribution is 5.81. The number of hydrogen-bond donors (Lipinski definition) is 1. The lowest BCUT2D eigenvalue weighted by Gasteiger charge is -2.40. The SMILES string of the molecule is Cc1ccc(C2C(C(=O)O)CCC(=O)N2CC(C)C)nc1. The van der Waals surface area contributed by atoms with Crippen LogP contribution in [0.3, 0.4) is 0 Å². The van der Waals surface area contributed by atoms with Gasteiger partial charge in [-0.2, -0.15) is 0 Å². The highest BCUT2D eigenvalue weighted by atomic mass is 16.4. The number of hydrogen-bond acceptors (Lipinski definition) is 3. The van der Waals surface area contributed by atoms with Crippen molar-refractivity contribution in [3.8, 4) is 0 Å². The van der Waals surface area contributed by atoms with E-state index in [4.69, 9.17) is 0 Å². The second kappa shape index (κ2) is 6.24. The molecule has 1 N–H and O–H groups in total. The summed E-state index contributed by atoms with van der Waals surface area (Å²) in [6.45, 7) is 6.54. The molecule has 0 aliphatic carbocycles. The van der Waals surface area contributed by atoms with Crippen molar-refractivity contribution in [2.45, 2.75) is 39.7 Å². The number of aromatic nitrogens is 1. The maximum Gasteiger partial charge on any atom is 0.309 e. The summed E-state index contributed by atoms with van der Waals surface area (Å²) in [5, 5.41) is 9.50. The molecular formula is C16H22N2O3. The van der Waals surface area contributed by atoms with Crippen LogP contribution in [0.2, 0.25) is 0 Å². The fourth-order valence-electron chi connectivity index (χ4n) is 2.84. The predicted molar refractivity (Wildman–Crippen MR) is 78.6 cm³/mol. The number of carboxylic acids is 1. The molecule has 1 aliphatic heterocycles. The molecule has 0 aromatic carbocycles. The maximum absolute atomic E-state index is 12.3. The lowest BCUT2D eigenvalue weighted by Crippen LogP contribution is -2.47. The van der Waals surface area contributed by atoms with E-state index in [2.05, 4.69) is 4.98 Å². The number of likely N-dealkylation sites (tertiary alicyclic amines) is 1. The van der Waals surface area contributed by atoms with Gasteiger partial charge in [-0.3, -0.25) is 14.6 Å². The molecule has 1 saturated heterocycles. The number of carboxylic acid groups (broad SMARTS) is 1. The molecule has 2 heterocycles. The molecule has 0 saturated carbocycles. The number of carbonyl (C=O) groups excluding carboxylic acids is 1. The van der Waals surface area contributed by atoms with Crippen molar-refractivity contribution in [1.29, 1.82) is 0 Å². The van der Waals surface area contributed by atoms with E-state index in [1.807, 2.05) is 32.9 Å². The standard InChI is InChI=1S/C16H22N2O3/c1-10(2)9-18-14(19)7-5-12(16(20)21)15(18)13-6-4-11(3)8-17-13/h4,6,8,10,12,15H,5,7,9H2,1-3H3,(H,20,21). The van der Waals surface area contributed by atoms with Crippen molar-refractivity contribution in [3.05, 3.63) is 29.6 Å². The van der Waals surface area contributed by atoms with Gasteiger partial charge in [-0.15, -0.1) is 0 Å². The lowest BCUT2D eigenvalue weighted by atomic mass is 9.85. The monoisotopic (exact) mass is 290 g/mol. The first-order valence-corrected chi connectivity index (χ1v) is 7.35. The van der Waals surface area contributed by atoms with Crippen molar-refractivity contribution < 1.29 is 14.7 Å². The molecule has 5 nitrogen and oxygen atoms in total. The molecule has 0 spiro atoms. The van der Waals surface area contributed by atoms with Crippen molar-refractivity contribution in [1.82, 2.24) is 9.88 Å². The maximum atomic E-state index is 12.3. The minimum Gasteiger partial charge on any atom is -0.481 e. The predicted octanol–water partition coefficient (Wildman–Crippen LogP) is 2.41. The highest BCUT2D eigenvalue weighted by Crippen LogP contribution is 2.36. The number of carbonyl (C=O) groups is 2. The molecule has 0 radical (unpaired) electrons. The number of aryl methyl sites for hydroxylation is 1. The van der Waals surface area contributed by atoms with Crippen LogP contribution in [0.4, 0.5) is 0 Å². The second-order valence-electron chi connectivity index (χ2n) is 6.13. The first-order valence-electron chi connectivity index (χ1n) is 7.35. The molecule has 1 aromatic rings. The topological polar surface area (TPSA) is 70.5 Å². The van der Waals surface area contributed by atoms with Gasteiger partial charge in [0, 0.05) is 19.2 Å². The van der Waals surface area contributed by atoms with Crippen LogP contribution in [-0.2, 0) is 9.59 Å². The van der Waals surface area contributed by atoms with E-state index in [-0.39, 0.29) is 11.8 Å². The number of nitrogens with zero attached hydrogens (tertiary/aromatic N) is 2. The molecule has 21 heavy (non-hydrogen) atoms. The minimum absolute atomic E-state index is 0.0218. The Hall–Kier alpha value is -1.91. The molecule has 2 atom stereocenters. The molecule has 1 aromatic heterocycles. The van der Waals surface area contributed by atoms with E-state index >= 15 is 0 Å². The summed E-state index contributed by atoms with van der Waals surface area (Å²) in [7, 11) is 0. The number of aliphatic carboxylic acids is 1. The fourth-order valence-corrected chi connectivity index (χ4v) is 2.84. The molecule has 1 fully saturated rings. The summed E-state index contributed by atoms with van der Waals surface area (Å²) >= 11 is 0. The van der Waals surface area contributed by atoms with Crippen LogP contribution < -0.4 is 0 Å². The Morgan fingerprint density at radius 1 is 1.48 bits per heavy atom. The largest absolute Gasteiger partial charge is 0.481 e. The van der Waals surface area contributed by atoms with E-state index in [9.17, 15) is 14.7 Å². The molecule has 114 valence electrons. The normalized spacial score (nSPS) is 22.7. The molecule has 2 rings (SSSR count). The Kier molecular flexibility index (Phi) is 4.60. The third-order valence-corrected chi connectivity index (χ3v) is 3.82. The van der Waals surface area contributed by atoms with Gasteiger partial charge in [0.1, 0.15) is 0 Å². The van der Waals surface area contributed by atoms with Gasteiger partial charge < -0.3 is 10.0 Å². The summed E-state index contributed by atoms with van der Waals surface area (Å²) in [4.78, 5) is 29.9. The smallest absolute Gasteiger partial charge is 0.309 e. The molecule has 1 aliphatic rings. The van der Waals surface area contributed by atoms with Crippen LogP contribution >= 0.6 is 0 Å². The van der Waals surface area contributed by atoms with Gasteiger partial charge in [0.15, 0.2) is 0 Å². The Morgan fingerprint density at radius 3 is 2.71 bits per heavy atom. The highest BCUT2D eigenvalue weighted by Gasteiger charge is 2.41. The van der Waals surface area contributed by atoms with Gasteiger partial charge in [-0.25, -0.2) is 0 Å². The second-order valence-corrected chi connectivity index (χ2v) is 6.13. The first-order chi connectivity index (χ1) is 9.90. The molecule has 0 bridgehead atoms. The Balaban J connectivity index is 2.40. The average molecular weight is 290 g/mol. The number of rotatable bonds is 4. The van der Waals surface area contributed by atoms with Crippen LogP contribution in [0.25, 0.3) is 0 Å². The summed E-state index contributed by atoms with van der Waals surface area (Å²) in [5.41, 5.74) is 1.69. The van der Waals surface area contributed by atoms with Crippen LogP contribution in [-0.4, -0.2) is 33.4 Å². The number of pyridine rings is 1. The number of piperidine rings is 1. The molecule has 2 unspecified atom stereocenters. The average Bonchev–Trinajstić information content (AvgIpc) is 2.41. The van der Waals surface area contributed by atoms with Gasteiger partial charge >= 0.3 is 5.97 Å². The van der Waals surface area contributed by atoms with E-state index in [1.165, 1.54) is 0 Å². The first kappa shape index (κ1) is 15.5. The Bertz CT molecular complexity index is 525. The van der Waals surface area contributed by atoms with E-state index in [0.29, 0.717) is 25.1 Å². The fraction of sp³-hybridized carbons (Fsp3) is 0.562.